The third kappa shape index (κ3) is 6.25. The van der Waals surface area contributed by atoms with E-state index in [0.717, 1.165) is 31.2 Å². The molecule has 1 aliphatic carbocycles. The van der Waals surface area contributed by atoms with Crippen molar-refractivity contribution in [2.45, 2.75) is 44.2 Å². The predicted molar refractivity (Wildman–Crippen MR) is 139 cm³/mol. The van der Waals surface area contributed by atoms with Gasteiger partial charge in [-0.1, -0.05) is 31.0 Å². The number of methoxy groups -OCH3 is 3. The Morgan fingerprint density at radius 3 is 2.43 bits per heavy atom. The van der Waals surface area contributed by atoms with Gasteiger partial charge in [0.25, 0.3) is 5.91 Å². The lowest BCUT2D eigenvalue weighted by Gasteiger charge is -2.32. The molecule has 4 rings (SSSR count). The zero-order valence-corrected chi connectivity index (χ0v) is 21.6. The molecule has 1 saturated carbocycles. The highest BCUT2D eigenvalue weighted by atomic mass is 16.5. The summed E-state index contributed by atoms with van der Waals surface area (Å²) in [6.45, 7) is 0.273. The molecule has 196 valence electrons. The number of hydrogen-bond donors (Lipinski definition) is 1. The Bertz CT molecular complexity index is 1190. The Balaban J connectivity index is 1.69. The maximum Gasteiger partial charge on any atom is 0.290 e. The van der Waals surface area contributed by atoms with E-state index in [2.05, 4.69) is 5.32 Å². The third-order valence-corrected chi connectivity index (χ3v) is 6.75. The molecule has 1 atom stereocenters. The van der Waals surface area contributed by atoms with Crippen molar-refractivity contribution in [3.8, 4) is 17.2 Å². The summed E-state index contributed by atoms with van der Waals surface area (Å²) in [6.07, 6.45) is 6.00. The van der Waals surface area contributed by atoms with E-state index in [4.69, 9.17) is 18.6 Å². The Morgan fingerprint density at radius 2 is 1.76 bits per heavy atom. The first-order chi connectivity index (χ1) is 18.0. The number of benzene rings is 2. The van der Waals surface area contributed by atoms with E-state index < -0.39 is 6.04 Å². The minimum Gasteiger partial charge on any atom is -0.497 e. The molecule has 0 spiro atoms. The molecule has 0 radical (unpaired) electrons. The van der Waals surface area contributed by atoms with Gasteiger partial charge in [-0.3, -0.25) is 9.59 Å². The summed E-state index contributed by atoms with van der Waals surface area (Å²) in [5, 5.41) is 3.19. The van der Waals surface area contributed by atoms with Crippen molar-refractivity contribution in [2.75, 3.05) is 27.9 Å². The maximum atomic E-state index is 13.8. The van der Waals surface area contributed by atoms with Gasteiger partial charge in [-0.2, -0.15) is 0 Å². The Morgan fingerprint density at radius 1 is 0.973 bits per heavy atom. The predicted octanol–water partition coefficient (Wildman–Crippen LogP) is 4.79. The molecular formula is C29H34N2O6. The smallest absolute Gasteiger partial charge is 0.290 e. The number of ether oxygens (including phenoxy) is 3. The summed E-state index contributed by atoms with van der Waals surface area (Å²) >= 11 is 0. The molecule has 1 heterocycles. The van der Waals surface area contributed by atoms with Crippen LogP contribution in [-0.2, 0) is 11.2 Å². The fraction of sp³-hybridized carbons (Fsp3) is 0.379. The van der Waals surface area contributed by atoms with E-state index in [1.807, 2.05) is 36.4 Å². The van der Waals surface area contributed by atoms with Crippen LogP contribution in [0.5, 0.6) is 17.2 Å². The molecule has 1 N–H and O–H groups in total. The molecule has 1 unspecified atom stereocenters. The molecule has 0 bridgehead atoms. The highest BCUT2D eigenvalue weighted by molar-refractivity contribution is 5.96. The number of hydrogen-bond acceptors (Lipinski definition) is 6. The van der Waals surface area contributed by atoms with Crippen molar-refractivity contribution in [3.05, 3.63) is 77.7 Å². The lowest BCUT2D eigenvalue weighted by Crippen LogP contribution is -2.46. The second-order valence-corrected chi connectivity index (χ2v) is 9.08. The van der Waals surface area contributed by atoms with Gasteiger partial charge in [0.2, 0.25) is 5.91 Å². The second-order valence-electron chi connectivity index (χ2n) is 9.08. The molecule has 0 aliphatic heterocycles. The van der Waals surface area contributed by atoms with Gasteiger partial charge >= 0.3 is 0 Å². The van der Waals surface area contributed by atoms with Crippen LogP contribution >= 0.6 is 0 Å². The van der Waals surface area contributed by atoms with Gasteiger partial charge in [0, 0.05) is 12.6 Å². The molecule has 8 heteroatoms. The third-order valence-electron chi connectivity index (χ3n) is 6.75. The van der Waals surface area contributed by atoms with Crippen molar-refractivity contribution in [2.24, 2.45) is 0 Å². The van der Waals surface area contributed by atoms with Crippen LogP contribution in [0.25, 0.3) is 0 Å². The van der Waals surface area contributed by atoms with Crippen LogP contribution in [-0.4, -0.2) is 50.6 Å². The molecule has 8 nitrogen and oxygen atoms in total. The van der Waals surface area contributed by atoms with E-state index in [0.29, 0.717) is 29.2 Å². The summed E-state index contributed by atoms with van der Waals surface area (Å²) in [5.41, 5.74) is 1.61. The molecule has 1 aromatic heterocycles. The number of furan rings is 1. The zero-order valence-electron chi connectivity index (χ0n) is 21.6. The van der Waals surface area contributed by atoms with Crippen LogP contribution in [0.2, 0.25) is 0 Å². The zero-order chi connectivity index (χ0) is 26.2. The SMILES string of the molecule is COc1cccc(C(C(=O)NC2CCCC2)N(CCc2ccc(OC)c(OC)c2)C(=O)c2ccco2)c1. The topological polar surface area (TPSA) is 90.2 Å². The number of rotatable bonds is 11. The first kappa shape index (κ1) is 26.1. The summed E-state index contributed by atoms with van der Waals surface area (Å²) in [4.78, 5) is 29.1. The highest BCUT2D eigenvalue weighted by Gasteiger charge is 2.34. The number of carbonyl (C=O) groups is 2. The van der Waals surface area contributed by atoms with Crippen molar-refractivity contribution >= 4 is 11.8 Å². The van der Waals surface area contributed by atoms with Crippen LogP contribution < -0.4 is 19.5 Å². The lowest BCUT2D eigenvalue weighted by molar-refractivity contribution is -0.126. The standard InChI is InChI=1S/C29H34N2O6/c1-34-23-11-6-8-21(19-23)27(28(32)30-22-9-4-5-10-22)31(29(33)25-12-7-17-37-25)16-15-20-13-14-24(35-2)26(18-20)36-3/h6-8,11-14,17-19,22,27H,4-5,9-10,15-16H2,1-3H3,(H,30,32). The minimum absolute atomic E-state index is 0.104. The fourth-order valence-corrected chi connectivity index (χ4v) is 4.81. The summed E-state index contributed by atoms with van der Waals surface area (Å²) in [6, 6.07) is 15.5. The van der Waals surface area contributed by atoms with E-state index >= 15 is 0 Å². The minimum atomic E-state index is -0.867. The highest BCUT2D eigenvalue weighted by Crippen LogP contribution is 2.30. The van der Waals surface area contributed by atoms with Crippen LogP contribution in [0.3, 0.4) is 0 Å². The van der Waals surface area contributed by atoms with Crippen molar-refractivity contribution in [1.29, 1.82) is 0 Å². The van der Waals surface area contributed by atoms with Crippen LogP contribution in [0, 0.1) is 0 Å². The summed E-state index contributed by atoms with van der Waals surface area (Å²) in [7, 11) is 4.75. The van der Waals surface area contributed by atoms with Gasteiger partial charge in [-0.05, 0) is 66.8 Å². The van der Waals surface area contributed by atoms with Crippen LogP contribution in [0.15, 0.2) is 65.3 Å². The second kappa shape index (κ2) is 12.3. The molecular weight excluding hydrogens is 472 g/mol. The van der Waals surface area contributed by atoms with Crippen molar-refractivity contribution < 1.29 is 28.2 Å². The van der Waals surface area contributed by atoms with Gasteiger partial charge in [-0.25, -0.2) is 0 Å². The average Bonchev–Trinajstić information content (AvgIpc) is 3.65. The van der Waals surface area contributed by atoms with Gasteiger partial charge in [0.05, 0.1) is 27.6 Å². The van der Waals surface area contributed by atoms with E-state index in [1.54, 1.807) is 44.4 Å². The molecule has 1 fully saturated rings. The molecule has 2 amide bonds. The quantitative estimate of drug-likeness (QED) is 0.402. The summed E-state index contributed by atoms with van der Waals surface area (Å²) < 4.78 is 21.7. The maximum absolute atomic E-state index is 13.8. The molecule has 0 saturated heterocycles. The summed E-state index contributed by atoms with van der Waals surface area (Å²) in [5.74, 6) is 1.44. The average molecular weight is 507 g/mol. The van der Waals surface area contributed by atoms with Gasteiger partial charge in [0.1, 0.15) is 11.8 Å². The molecule has 2 aromatic carbocycles. The molecule has 1 aliphatic rings. The first-order valence-electron chi connectivity index (χ1n) is 12.5. The number of carbonyl (C=O) groups excluding carboxylic acids is 2. The first-order valence-corrected chi connectivity index (χ1v) is 12.5. The normalized spacial score (nSPS) is 14.1. The Hall–Kier alpha value is -3.94. The molecule has 3 aromatic rings. The largest absolute Gasteiger partial charge is 0.497 e. The molecule has 37 heavy (non-hydrogen) atoms. The van der Waals surface area contributed by atoms with E-state index in [-0.39, 0.29) is 30.2 Å². The van der Waals surface area contributed by atoms with Crippen LogP contribution in [0.1, 0.15) is 53.4 Å². The van der Waals surface area contributed by atoms with E-state index in [1.165, 1.54) is 6.26 Å². The lowest BCUT2D eigenvalue weighted by atomic mass is 10.0. The fourth-order valence-electron chi connectivity index (χ4n) is 4.81. The monoisotopic (exact) mass is 506 g/mol. The van der Waals surface area contributed by atoms with E-state index in [9.17, 15) is 9.59 Å². The Kier molecular flexibility index (Phi) is 8.72. The van der Waals surface area contributed by atoms with Gasteiger partial charge in [0.15, 0.2) is 17.3 Å². The van der Waals surface area contributed by atoms with Gasteiger partial charge < -0.3 is 28.8 Å². The number of amides is 2. The number of nitrogens with zero attached hydrogens (tertiary/aromatic N) is 1. The van der Waals surface area contributed by atoms with Gasteiger partial charge in [-0.15, -0.1) is 0 Å². The Labute approximate surface area is 217 Å². The van der Waals surface area contributed by atoms with Crippen molar-refractivity contribution in [1.82, 2.24) is 10.2 Å². The number of nitrogens with one attached hydrogen (secondary N) is 1. The van der Waals surface area contributed by atoms with Crippen LogP contribution in [0.4, 0.5) is 0 Å². The van der Waals surface area contributed by atoms with Crippen molar-refractivity contribution in [3.63, 3.8) is 0 Å².